The molecule has 0 spiro atoms. The lowest BCUT2D eigenvalue weighted by Crippen LogP contribution is -2.38. The van der Waals surface area contributed by atoms with Crippen molar-refractivity contribution in [3.05, 3.63) is 24.0 Å². The van der Waals surface area contributed by atoms with E-state index in [1.807, 2.05) is 0 Å². The van der Waals surface area contributed by atoms with Gasteiger partial charge < -0.3 is 15.8 Å². The summed E-state index contributed by atoms with van der Waals surface area (Å²) in [5, 5.41) is 2.60. The number of methoxy groups -OCH3 is 1. The maximum Gasteiger partial charge on any atom is 0.407 e. The number of carbonyl (C=O) groups excluding carboxylic acids is 1. The molecule has 0 bridgehead atoms. The van der Waals surface area contributed by atoms with E-state index in [0.717, 1.165) is 0 Å². The number of alkyl carbamates (subject to hydrolysis) is 1. The molecule has 1 aliphatic heterocycles. The van der Waals surface area contributed by atoms with Gasteiger partial charge in [-0.3, -0.25) is 4.98 Å². The highest BCUT2D eigenvalue weighted by atomic mass is 32.2. The molecular weight excluding hydrogens is 296 g/mol. The summed E-state index contributed by atoms with van der Waals surface area (Å²) >= 11 is 0. The second-order valence-corrected chi connectivity index (χ2v) is 6.61. The molecule has 0 aliphatic carbocycles. The number of sulfonamides is 1. The van der Waals surface area contributed by atoms with Crippen molar-refractivity contribution in [1.29, 1.82) is 0 Å². The Kier molecular flexibility index (Phi) is 4.76. The van der Waals surface area contributed by atoms with Gasteiger partial charge in [-0.25, -0.2) is 13.2 Å². The molecule has 1 fully saturated rings. The molecule has 1 aromatic rings. The highest BCUT2D eigenvalue weighted by Crippen LogP contribution is 2.20. The third-order valence-corrected chi connectivity index (χ3v) is 5.15. The van der Waals surface area contributed by atoms with E-state index in [9.17, 15) is 13.2 Å². The second kappa shape index (κ2) is 6.37. The minimum Gasteiger partial charge on any atom is -0.453 e. The quantitative estimate of drug-likeness (QED) is 0.785. The van der Waals surface area contributed by atoms with Gasteiger partial charge >= 0.3 is 6.09 Å². The van der Waals surface area contributed by atoms with Gasteiger partial charge in [-0.05, 0) is 18.6 Å². The number of nitrogens with one attached hydrogen (secondary N) is 1. The molecule has 1 saturated heterocycles. The molecule has 116 valence electrons. The van der Waals surface area contributed by atoms with E-state index in [-0.39, 0.29) is 24.0 Å². The monoisotopic (exact) mass is 314 g/mol. The van der Waals surface area contributed by atoms with E-state index in [1.165, 1.54) is 23.7 Å². The molecule has 1 amide bonds. The topological polar surface area (TPSA) is 115 Å². The summed E-state index contributed by atoms with van der Waals surface area (Å²) in [4.78, 5) is 15.3. The molecule has 1 unspecified atom stereocenters. The summed E-state index contributed by atoms with van der Waals surface area (Å²) in [6.45, 7) is 0.820. The predicted octanol–water partition coefficient (Wildman–Crippen LogP) is -0.341. The van der Waals surface area contributed by atoms with Gasteiger partial charge in [0, 0.05) is 31.9 Å². The van der Waals surface area contributed by atoms with Crippen LogP contribution in [0.3, 0.4) is 0 Å². The maximum atomic E-state index is 12.4. The van der Waals surface area contributed by atoms with E-state index < -0.39 is 16.1 Å². The smallest absolute Gasteiger partial charge is 0.407 e. The summed E-state index contributed by atoms with van der Waals surface area (Å²) in [5.74, 6) is 0. The summed E-state index contributed by atoms with van der Waals surface area (Å²) in [6.07, 6.45) is 1.29. The zero-order chi connectivity index (χ0) is 15.5. The number of hydrogen-bond donors (Lipinski definition) is 2. The number of carbonyl (C=O) groups is 1. The van der Waals surface area contributed by atoms with Crippen LogP contribution >= 0.6 is 0 Å². The normalized spacial score (nSPS) is 19.4. The van der Waals surface area contributed by atoms with E-state index in [0.29, 0.717) is 18.7 Å². The van der Waals surface area contributed by atoms with E-state index in [1.54, 1.807) is 6.07 Å². The zero-order valence-corrected chi connectivity index (χ0v) is 12.5. The zero-order valence-electron chi connectivity index (χ0n) is 11.7. The standard InChI is InChI=1S/C12H18N4O4S/c1-20-12(17)15-10-4-5-16(8-10)21(18,19)11-3-2-9(6-13)14-7-11/h2-3,7,10H,4-6,8,13H2,1H3,(H,15,17). The van der Waals surface area contributed by atoms with Crippen molar-refractivity contribution in [3.63, 3.8) is 0 Å². The first kappa shape index (κ1) is 15.7. The first-order valence-corrected chi connectivity index (χ1v) is 7.91. The number of amides is 1. The number of aromatic nitrogens is 1. The van der Waals surface area contributed by atoms with Gasteiger partial charge in [0.15, 0.2) is 0 Å². The van der Waals surface area contributed by atoms with Crippen LogP contribution in [0.25, 0.3) is 0 Å². The first-order chi connectivity index (χ1) is 9.97. The van der Waals surface area contributed by atoms with Crippen LogP contribution in [0.15, 0.2) is 23.2 Å². The lowest BCUT2D eigenvalue weighted by molar-refractivity contribution is 0.167. The molecular formula is C12H18N4O4S. The number of ether oxygens (including phenoxy) is 1. The average molecular weight is 314 g/mol. The van der Waals surface area contributed by atoms with Crippen LogP contribution < -0.4 is 11.1 Å². The van der Waals surface area contributed by atoms with Crippen LogP contribution in [-0.4, -0.2) is 50.0 Å². The van der Waals surface area contributed by atoms with Crippen LogP contribution in [0.5, 0.6) is 0 Å². The van der Waals surface area contributed by atoms with Crippen molar-refractivity contribution in [2.24, 2.45) is 5.73 Å². The van der Waals surface area contributed by atoms with Gasteiger partial charge in [-0.15, -0.1) is 0 Å². The number of rotatable bonds is 4. The van der Waals surface area contributed by atoms with Crippen molar-refractivity contribution < 1.29 is 17.9 Å². The van der Waals surface area contributed by atoms with E-state index in [2.05, 4.69) is 15.0 Å². The fraction of sp³-hybridized carbons (Fsp3) is 0.500. The van der Waals surface area contributed by atoms with Crippen molar-refractivity contribution in [2.45, 2.75) is 23.9 Å². The minimum absolute atomic E-state index is 0.124. The van der Waals surface area contributed by atoms with Crippen molar-refractivity contribution >= 4 is 16.1 Å². The molecule has 8 nitrogen and oxygen atoms in total. The Morgan fingerprint density at radius 3 is 2.90 bits per heavy atom. The highest BCUT2D eigenvalue weighted by molar-refractivity contribution is 7.89. The average Bonchev–Trinajstić information content (AvgIpc) is 2.96. The van der Waals surface area contributed by atoms with Crippen LogP contribution in [0, 0.1) is 0 Å². The molecule has 21 heavy (non-hydrogen) atoms. The van der Waals surface area contributed by atoms with Crippen molar-refractivity contribution in [2.75, 3.05) is 20.2 Å². The van der Waals surface area contributed by atoms with Crippen molar-refractivity contribution in [3.8, 4) is 0 Å². The number of hydrogen-bond acceptors (Lipinski definition) is 6. The van der Waals surface area contributed by atoms with Gasteiger partial charge in [-0.1, -0.05) is 0 Å². The Morgan fingerprint density at radius 1 is 1.57 bits per heavy atom. The molecule has 2 rings (SSSR count). The number of nitrogens with zero attached hydrogens (tertiary/aromatic N) is 2. The molecule has 0 saturated carbocycles. The fourth-order valence-corrected chi connectivity index (χ4v) is 3.57. The Morgan fingerprint density at radius 2 is 2.33 bits per heavy atom. The molecule has 2 heterocycles. The molecule has 0 radical (unpaired) electrons. The van der Waals surface area contributed by atoms with Gasteiger partial charge in [0.2, 0.25) is 10.0 Å². The minimum atomic E-state index is -3.60. The third kappa shape index (κ3) is 3.49. The van der Waals surface area contributed by atoms with Gasteiger partial charge in [0.1, 0.15) is 4.90 Å². The van der Waals surface area contributed by atoms with Crippen LogP contribution in [0.1, 0.15) is 12.1 Å². The van der Waals surface area contributed by atoms with E-state index in [4.69, 9.17) is 5.73 Å². The third-order valence-electron chi connectivity index (χ3n) is 3.30. The van der Waals surface area contributed by atoms with Crippen LogP contribution in [-0.2, 0) is 21.3 Å². The summed E-state index contributed by atoms with van der Waals surface area (Å²) in [6, 6.07) is 2.84. The SMILES string of the molecule is COC(=O)NC1CCN(S(=O)(=O)c2ccc(CN)nc2)C1. The summed E-state index contributed by atoms with van der Waals surface area (Å²) < 4.78 is 30.7. The van der Waals surface area contributed by atoms with Crippen molar-refractivity contribution in [1.82, 2.24) is 14.6 Å². The fourth-order valence-electron chi connectivity index (χ4n) is 2.12. The molecule has 1 atom stereocenters. The second-order valence-electron chi connectivity index (χ2n) is 4.67. The Labute approximate surface area is 123 Å². The van der Waals surface area contributed by atoms with Crippen LogP contribution in [0.2, 0.25) is 0 Å². The summed E-state index contributed by atoms with van der Waals surface area (Å²) in [7, 11) is -2.33. The molecule has 1 aliphatic rings. The summed E-state index contributed by atoms with van der Waals surface area (Å²) in [5.41, 5.74) is 6.06. The lowest BCUT2D eigenvalue weighted by Gasteiger charge is -2.16. The largest absolute Gasteiger partial charge is 0.453 e. The Balaban J connectivity index is 2.08. The molecule has 9 heteroatoms. The van der Waals surface area contributed by atoms with Crippen LogP contribution in [0.4, 0.5) is 4.79 Å². The Bertz CT molecular complexity index is 602. The van der Waals surface area contributed by atoms with Gasteiger partial charge in [0.25, 0.3) is 0 Å². The number of nitrogens with two attached hydrogens (primary N) is 1. The van der Waals surface area contributed by atoms with Gasteiger partial charge in [-0.2, -0.15) is 4.31 Å². The molecule has 0 aromatic carbocycles. The predicted molar refractivity (Wildman–Crippen MR) is 74.8 cm³/mol. The van der Waals surface area contributed by atoms with E-state index >= 15 is 0 Å². The maximum absolute atomic E-state index is 12.4. The molecule has 3 N–H and O–H groups in total. The molecule has 1 aromatic heterocycles. The Hall–Kier alpha value is -1.71. The van der Waals surface area contributed by atoms with Gasteiger partial charge in [0.05, 0.1) is 12.8 Å². The first-order valence-electron chi connectivity index (χ1n) is 6.47. The number of pyridine rings is 1. The lowest BCUT2D eigenvalue weighted by atomic mass is 10.3. The highest BCUT2D eigenvalue weighted by Gasteiger charge is 2.33.